The molecule has 0 aromatic heterocycles. The largest absolute Gasteiger partial charge is 0.478 e. The topological polar surface area (TPSA) is 92.5 Å². The molecule has 0 unspecified atom stereocenters. The maximum atomic E-state index is 11.2. The maximum Gasteiger partial charge on any atom is 0.338 e. The predicted octanol–water partition coefficient (Wildman–Crippen LogP) is 3.64. The number of aromatic carboxylic acids is 1. The molecule has 0 fully saturated rings. The number of nitro benzene ring substituents is 1. The van der Waals surface area contributed by atoms with Crippen molar-refractivity contribution in [3.8, 4) is 0 Å². The summed E-state index contributed by atoms with van der Waals surface area (Å²) in [6.07, 6.45) is 0. The minimum atomic E-state index is -1.22. The van der Waals surface area contributed by atoms with Crippen LogP contribution in [0.5, 0.6) is 0 Å². The van der Waals surface area contributed by atoms with Gasteiger partial charge in [-0.25, -0.2) is 4.79 Å². The van der Waals surface area contributed by atoms with Crippen LogP contribution in [0.3, 0.4) is 0 Å². The quantitative estimate of drug-likeness (QED) is 0.477. The van der Waals surface area contributed by atoms with Gasteiger partial charge in [0.25, 0.3) is 5.69 Å². The molecule has 2 rings (SSSR count). The average molecular weight is 384 g/mol. The molecule has 0 saturated heterocycles. The SMILES string of the molecule is O=C(O)c1cc([N+](=O)[O-])ccc1Nc1cccc(I)c1. The van der Waals surface area contributed by atoms with E-state index in [2.05, 4.69) is 27.9 Å². The number of carboxylic acid groups (broad SMARTS) is 1. The van der Waals surface area contributed by atoms with Gasteiger partial charge >= 0.3 is 5.97 Å². The highest BCUT2D eigenvalue weighted by molar-refractivity contribution is 14.1. The summed E-state index contributed by atoms with van der Waals surface area (Å²) in [5, 5.41) is 22.8. The number of nitrogens with one attached hydrogen (secondary N) is 1. The van der Waals surface area contributed by atoms with Crippen LogP contribution in [0.4, 0.5) is 17.1 Å². The molecule has 0 aliphatic carbocycles. The molecule has 6 nitrogen and oxygen atoms in total. The Bertz CT molecular complexity index is 688. The van der Waals surface area contributed by atoms with Gasteiger partial charge in [0.1, 0.15) is 0 Å². The van der Waals surface area contributed by atoms with E-state index in [0.29, 0.717) is 11.4 Å². The van der Waals surface area contributed by atoms with E-state index in [9.17, 15) is 14.9 Å². The number of non-ortho nitro benzene ring substituents is 1. The fraction of sp³-hybridized carbons (Fsp3) is 0. The van der Waals surface area contributed by atoms with Crippen LogP contribution >= 0.6 is 22.6 Å². The molecule has 0 atom stereocenters. The van der Waals surface area contributed by atoms with Crippen LogP contribution in [0, 0.1) is 13.7 Å². The van der Waals surface area contributed by atoms with E-state index >= 15 is 0 Å². The zero-order chi connectivity index (χ0) is 14.7. The number of hydrogen-bond donors (Lipinski definition) is 2. The fourth-order valence-corrected chi connectivity index (χ4v) is 2.20. The number of hydrogen-bond acceptors (Lipinski definition) is 4. The van der Waals surface area contributed by atoms with Gasteiger partial charge in [-0.05, 0) is 46.9 Å². The first-order valence-corrected chi connectivity index (χ1v) is 6.59. The lowest BCUT2D eigenvalue weighted by Crippen LogP contribution is -2.04. The number of benzene rings is 2. The molecular weight excluding hydrogens is 375 g/mol. The Morgan fingerprint density at radius 3 is 2.60 bits per heavy atom. The summed E-state index contributed by atoms with van der Waals surface area (Å²) in [6, 6.07) is 11.1. The highest BCUT2D eigenvalue weighted by Crippen LogP contribution is 2.26. The van der Waals surface area contributed by atoms with Gasteiger partial charge in [0, 0.05) is 21.4 Å². The number of halogens is 1. The molecule has 0 aliphatic rings. The van der Waals surface area contributed by atoms with Crippen LogP contribution in [-0.4, -0.2) is 16.0 Å². The molecule has 0 saturated carbocycles. The maximum absolute atomic E-state index is 11.2. The number of nitrogens with zero attached hydrogens (tertiary/aromatic N) is 1. The van der Waals surface area contributed by atoms with Gasteiger partial charge in [-0.15, -0.1) is 0 Å². The Hall–Kier alpha value is -2.16. The first kappa shape index (κ1) is 14.3. The third kappa shape index (κ3) is 3.23. The van der Waals surface area contributed by atoms with E-state index in [1.165, 1.54) is 12.1 Å². The van der Waals surface area contributed by atoms with Crippen LogP contribution in [0.2, 0.25) is 0 Å². The molecule has 0 amide bonds. The van der Waals surface area contributed by atoms with Gasteiger partial charge in [-0.2, -0.15) is 0 Å². The summed E-state index contributed by atoms with van der Waals surface area (Å²) in [5.74, 6) is -1.22. The molecule has 2 N–H and O–H groups in total. The van der Waals surface area contributed by atoms with Crippen molar-refractivity contribution >= 4 is 45.6 Å². The van der Waals surface area contributed by atoms with Crippen molar-refractivity contribution in [2.75, 3.05) is 5.32 Å². The summed E-state index contributed by atoms with van der Waals surface area (Å²) < 4.78 is 0.992. The molecule has 102 valence electrons. The van der Waals surface area contributed by atoms with Crippen LogP contribution in [0.1, 0.15) is 10.4 Å². The molecule has 0 radical (unpaired) electrons. The summed E-state index contributed by atoms with van der Waals surface area (Å²) >= 11 is 2.14. The lowest BCUT2D eigenvalue weighted by atomic mass is 10.1. The van der Waals surface area contributed by atoms with Crippen molar-refractivity contribution in [3.63, 3.8) is 0 Å². The molecule has 0 aliphatic heterocycles. The summed E-state index contributed by atoms with van der Waals surface area (Å²) in [4.78, 5) is 21.2. The second kappa shape index (κ2) is 5.87. The minimum Gasteiger partial charge on any atom is -0.478 e. The Morgan fingerprint density at radius 2 is 2.00 bits per heavy atom. The Balaban J connectivity index is 2.41. The van der Waals surface area contributed by atoms with E-state index in [1.807, 2.05) is 18.2 Å². The number of rotatable bonds is 4. The van der Waals surface area contributed by atoms with E-state index in [4.69, 9.17) is 5.11 Å². The third-order valence-electron chi connectivity index (χ3n) is 2.55. The van der Waals surface area contributed by atoms with Crippen LogP contribution in [0.25, 0.3) is 0 Å². The summed E-state index contributed by atoms with van der Waals surface area (Å²) in [7, 11) is 0. The molecule has 2 aromatic rings. The van der Waals surface area contributed by atoms with Gasteiger partial charge in [-0.1, -0.05) is 6.07 Å². The van der Waals surface area contributed by atoms with Crippen molar-refractivity contribution in [3.05, 3.63) is 61.7 Å². The van der Waals surface area contributed by atoms with Gasteiger partial charge in [-0.3, -0.25) is 10.1 Å². The number of carboxylic acids is 1. The minimum absolute atomic E-state index is 0.141. The normalized spacial score (nSPS) is 10.1. The third-order valence-corrected chi connectivity index (χ3v) is 3.22. The Morgan fingerprint density at radius 1 is 1.25 bits per heavy atom. The molecule has 2 aromatic carbocycles. The molecule has 7 heteroatoms. The monoisotopic (exact) mass is 384 g/mol. The predicted molar refractivity (Wildman–Crippen MR) is 82.5 cm³/mol. The van der Waals surface area contributed by atoms with E-state index in [0.717, 1.165) is 9.64 Å². The first-order valence-electron chi connectivity index (χ1n) is 5.51. The summed E-state index contributed by atoms with van der Waals surface area (Å²) in [5.41, 5.74) is 0.631. The van der Waals surface area contributed by atoms with Gasteiger partial charge < -0.3 is 10.4 Å². The molecule has 20 heavy (non-hydrogen) atoms. The molecule has 0 heterocycles. The van der Waals surface area contributed by atoms with Crippen molar-refractivity contribution in [2.45, 2.75) is 0 Å². The smallest absolute Gasteiger partial charge is 0.338 e. The van der Waals surface area contributed by atoms with Crippen LogP contribution in [-0.2, 0) is 0 Å². The molecule has 0 bridgehead atoms. The number of anilines is 2. The number of carbonyl (C=O) groups is 1. The van der Waals surface area contributed by atoms with Crippen LogP contribution in [0.15, 0.2) is 42.5 Å². The molecule has 0 spiro atoms. The number of nitro groups is 1. The standard InChI is InChI=1S/C13H9IN2O4/c14-8-2-1-3-9(6-8)15-12-5-4-10(16(19)20)7-11(12)13(17)18/h1-7,15H,(H,17,18). The van der Waals surface area contributed by atoms with Crippen molar-refractivity contribution in [2.24, 2.45) is 0 Å². The van der Waals surface area contributed by atoms with Crippen molar-refractivity contribution in [1.29, 1.82) is 0 Å². The Labute approximate surface area is 127 Å². The highest BCUT2D eigenvalue weighted by Gasteiger charge is 2.16. The second-order valence-electron chi connectivity index (χ2n) is 3.93. The summed E-state index contributed by atoms with van der Waals surface area (Å²) in [6.45, 7) is 0. The van der Waals surface area contributed by atoms with Crippen molar-refractivity contribution in [1.82, 2.24) is 0 Å². The van der Waals surface area contributed by atoms with Gasteiger partial charge in [0.05, 0.1) is 16.2 Å². The fourth-order valence-electron chi connectivity index (χ4n) is 1.65. The van der Waals surface area contributed by atoms with Gasteiger partial charge in [0.15, 0.2) is 0 Å². The van der Waals surface area contributed by atoms with Crippen molar-refractivity contribution < 1.29 is 14.8 Å². The van der Waals surface area contributed by atoms with E-state index < -0.39 is 10.9 Å². The average Bonchev–Trinajstić information content (AvgIpc) is 2.38. The van der Waals surface area contributed by atoms with Crippen LogP contribution < -0.4 is 5.32 Å². The Kier molecular flexibility index (Phi) is 4.18. The molecular formula is C13H9IN2O4. The van der Waals surface area contributed by atoms with E-state index in [-0.39, 0.29) is 11.3 Å². The van der Waals surface area contributed by atoms with E-state index in [1.54, 1.807) is 6.07 Å². The van der Waals surface area contributed by atoms with Gasteiger partial charge in [0.2, 0.25) is 0 Å². The highest BCUT2D eigenvalue weighted by atomic mass is 127. The second-order valence-corrected chi connectivity index (χ2v) is 5.17. The zero-order valence-corrected chi connectivity index (χ0v) is 12.2. The zero-order valence-electron chi connectivity index (χ0n) is 10.0. The lowest BCUT2D eigenvalue weighted by molar-refractivity contribution is -0.384. The lowest BCUT2D eigenvalue weighted by Gasteiger charge is -2.09. The first-order chi connectivity index (χ1) is 9.47.